The minimum Gasteiger partial charge on any atom is -0.478 e. The first-order chi connectivity index (χ1) is 19.1. The molecule has 196 valence electrons. The van der Waals surface area contributed by atoms with Crippen molar-refractivity contribution in [2.24, 2.45) is 0 Å². The van der Waals surface area contributed by atoms with Crippen LogP contribution in [0, 0.1) is 0 Å². The van der Waals surface area contributed by atoms with Crippen LogP contribution in [0.15, 0.2) is 78.4 Å². The molecule has 4 aliphatic carbocycles. The maximum atomic E-state index is 12.7. The average Bonchev–Trinajstić information content (AvgIpc) is 2.91. The Morgan fingerprint density at radius 2 is 0.950 bits per heavy atom. The average molecular weight is 533 g/mol. The van der Waals surface area contributed by atoms with E-state index in [4.69, 9.17) is 0 Å². The molecule has 0 fully saturated rings. The molecule has 0 amide bonds. The number of hydrogen-bond acceptors (Lipinski definition) is 4. The van der Waals surface area contributed by atoms with Crippen molar-refractivity contribution >= 4 is 34.6 Å². The molecular formula is C32H20O8. The van der Waals surface area contributed by atoms with E-state index in [9.17, 15) is 39.6 Å². The van der Waals surface area contributed by atoms with Crippen molar-refractivity contribution in [3.05, 3.63) is 128 Å². The van der Waals surface area contributed by atoms with Crippen LogP contribution in [0.3, 0.4) is 0 Å². The van der Waals surface area contributed by atoms with Gasteiger partial charge in [-0.25, -0.2) is 19.2 Å². The van der Waals surface area contributed by atoms with Gasteiger partial charge in [-0.2, -0.15) is 0 Å². The van der Waals surface area contributed by atoms with Gasteiger partial charge in [0, 0.05) is 29.2 Å². The van der Waals surface area contributed by atoms with E-state index in [1.54, 1.807) is 42.5 Å². The summed E-state index contributed by atoms with van der Waals surface area (Å²) in [7, 11) is 0. The third kappa shape index (κ3) is 3.19. The first-order valence-corrected chi connectivity index (χ1v) is 12.6. The van der Waals surface area contributed by atoms with Crippen molar-refractivity contribution in [1.29, 1.82) is 0 Å². The molecule has 4 aromatic rings. The molecule has 4 bridgehead atoms. The third-order valence-electron chi connectivity index (χ3n) is 8.62. The number of hydrogen-bond donors (Lipinski definition) is 4. The highest BCUT2D eigenvalue weighted by Crippen LogP contribution is 2.62. The molecule has 0 saturated carbocycles. The molecule has 4 aromatic carbocycles. The van der Waals surface area contributed by atoms with Gasteiger partial charge in [0.25, 0.3) is 0 Å². The summed E-state index contributed by atoms with van der Waals surface area (Å²) in [6, 6.07) is 18.4. The molecule has 4 aliphatic rings. The van der Waals surface area contributed by atoms with Crippen LogP contribution in [-0.2, 0) is 4.79 Å². The highest BCUT2D eigenvalue weighted by molar-refractivity contribution is 5.97. The molecule has 0 heterocycles. The summed E-state index contributed by atoms with van der Waals surface area (Å²) >= 11 is 0. The van der Waals surface area contributed by atoms with Crippen molar-refractivity contribution in [1.82, 2.24) is 0 Å². The second-order valence-electron chi connectivity index (χ2n) is 10.5. The molecule has 40 heavy (non-hydrogen) atoms. The molecule has 0 unspecified atom stereocenters. The predicted molar refractivity (Wildman–Crippen MR) is 143 cm³/mol. The number of rotatable bonds is 4. The second-order valence-corrected chi connectivity index (χ2v) is 10.5. The van der Waals surface area contributed by atoms with Gasteiger partial charge in [0.1, 0.15) is 0 Å². The number of carboxylic acid groups (broad SMARTS) is 4. The first-order valence-electron chi connectivity index (χ1n) is 12.6. The fourth-order valence-corrected chi connectivity index (χ4v) is 7.02. The Morgan fingerprint density at radius 3 is 1.55 bits per heavy atom. The molecule has 8 heteroatoms. The zero-order valence-corrected chi connectivity index (χ0v) is 20.7. The zero-order chi connectivity index (χ0) is 28.0. The standard InChI is InChI=1S/C32H20O8/c33-29(34)14-2-1-13-8-23-20(11-17(13)7-14)24-12-25(32(39)40)28(23)27-19-6-4-15(30(35)36)9-21(19)26(24)18-5-3-16(31(37)38)10-22(18)27/h1-12,24,26-28H,(H,33,34)(H,35,36)(H,37,38)(H,39,40)/t24-,26-,27-,28-/m1/s1. The van der Waals surface area contributed by atoms with Crippen molar-refractivity contribution in [3.8, 4) is 0 Å². The van der Waals surface area contributed by atoms with Gasteiger partial charge in [0.2, 0.25) is 0 Å². The van der Waals surface area contributed by atoms with E-state index in [0.717, 1.165) is 33.2 Å². The second kappa shape index (κ2) is 8.13. The van der Waals surface area contributed by atoms with E-state index in [2.05, 4.69) is 0 Å². The summed E-state index contributed by atoms with van der Waals surface area (Å²) in [5.41, 5.74) is 5.25. The van der Waals surface area contributed by atoms with Gasteiger partial charge in [0.05, 0.1) is 16.7 Å². The molecule has 0 saturated heterocycles. The highest BCUT2D eigenvalue weighted by Gasteiger charge is 2.49. The van der Waals surface area contributed by atoms with Crippen LogP contribution in [0.4, 0.5) is 0 Å². The number of aliphatic carboxylic acids is 1. The number of allylic oxidation sites excluding steroid dienone is 1. The quantitative estimate of drug-likeness (QED) is 0.272. The molecule has 0 aliphatic heterocycles. The van der Waals surface area contributed by atoms with Gasteiger partial charge in [-0.3, -0.25) is 0 Å². The molecule has 8 nitrogen and oxygen atoms in total. The topological polar surface area (TPSA) is 149 Å². The molecule has 4 atom stereocenters. The Morgan fingerprint density at radius 1 is 0.450 bits per heavy atom. The Labute approximate surface area is 226 Å². The summed E-state index contributed by atoms with van der Waals surface area (Å²) in [6.07, 6.45) is 1.74. The van der Waals surface area contributed by atoms with Crippen LogP contribution in [0.1, 0.15) is 88.1 Å². The van der Waals surface area contributed by atoms with Gasteiger partial charge >= 0.3 is 23.9 Å². The summed E-state index contributed by atoms with van der Waals surface area (Å²) in [5.74, 6) is -6.59. The summed E-state index contributed by atoms with van der Waals surface area (Å²) in [6.45, 7) is 0. The summed E-state index contributed by atoms with van der Waals surface area (Å²) in [4.78, 5) is 48.3. The zero-order valence-electron chi connectivity index (χ0n) is 20.7. The van der Waals surface area contributed by atoms with Gasteiger partial charge in [-0.1, -0.05) is 36.4 Å². The fourth-order valence-electron chi connectivity index (χ4n) is 7.02. The lowest BCUT2D eigenvalue weighted by molar-refractivity contribution is -0.133. The van der Waals surface area contributed by atoms with Crippen molar-refractivity contribution in [2.75, 3.05) is 0 Å². The number of benzene rings is 4. The van der Waals surface area contributed by atoms with Gasteiger partial charge in [0.15, 0.2) is 0 Å². The SMILES string of the molecule is O=C(O)C1=C[C@@H]2c3cc4cc(C(=O)O)ccc4cc3[C@H]1[C@@H]1c3ccc(C(=O)O)cc3[C@H]2c2ccc(C(=O)O)cc21. The van der Waals surface area contributed by atoms with E-state index in [1.165, 1.54) is 18.2 Å². The van der Waals surface area contributed by atoms with Crippen LogP contribution in [0.25, 0.3) is 10.8 Å². The minimum atomic E-state index is -1.10. The van der Waals surface area contributed by atoms with E-state index in [1.807, 2.05) is 12.1 Å². The Bertz CT molecular complexity index is 1900. The number of carboxylic acids is 4. The maximum absolute atomic E-state index is 12.7. The van der Waals surface area contributed by atoms with E-state index in [-0.39, 0.29) is 22.3 Å². The normalized spacial score (nSPS) is 21.4. The lowest BCUT2D eigenvalue weighted by Gasteiger charge is -2.48. The highest BCUT2D eigenvalue weighted by atomic mass is 16.4. The van der Waals surface area contributed by atoms with Crippen molar-refractivity contribution < 1.29 is 39.6 Å². The smallest absolute Gasteiger partial charge is 0.335 e. The summed E-state index contributed by atoms with van der Waals surface area (Å²) in [5, 5.41) is 40.9. The molecule has 4 N–H and O–H groups in total. The number of aromatic carboxylic acids is 3. The fraction of sp³-hybridized carbons (Fsp3) is 0.125. The number of carbonyl (C=O) groups is 4. The lowest BCUT2D eigenvalue weighted by Crippen LogP contribution is -2.36. The third-order valence-corrected chi connectivity index (χ3v) is 8.62. The van der Waals surface area contributed by atoms with Gasteiger partial charge in [-0.15, -0.1) is 0 Å². The van der Waals surface area contributed by atoms with Crippen molar-refractivity contribution in [3.63, 3.8) is 0 Å². The van der Waals surface area contributed by atoms with Crippen LogP contribution >= 0.6 is 0 Å². The van der Waals surface area contributed by atoms with Crippen LogP contribution < -0.4 is 0 Å². The Hall–Kier alpha value is -5.24. The minimum absolute atomic E-state index is 0.0883. The first kappa shape index (κ1) is 23.8. The van der Waals surface area contributed by atoms with Gasteiger partial charge < -0.3 is 20.4 Å². The Kier molecular flexibility index (Phi) is 4.85. The lowest BCUT2D eigenvalue weighted by atomic mass is 9.54. The van der Waals surface area contributed by atoms with E-state index in [0.29, 0.717) is 10.9 Å². The van der Waals surface area contributed by atoms with Crippen LogP contribution in [0.2, 0.25) is 0 Å². The monoisotopic (exact) mass is 532 g/mol. The van der Waals surface area contributed by atoms with Crippen LogP contribution in [0.5, 0.6) is 0 Å². The molecule has 0 aromatic heterocycles. The largest absolute Gasteiger partial charge is 0.478 e. The molecule has 0 spiro atoms. The molecule has 8 rings (SSSR count). The molecule has 0 radical (unpaired) electrons. The Balaban J connectivity index is 1.59. The van der Waals surface area contributed by atoms with E-state index < -0.39 is 47.5 Å². The van der Waals surface area contributed by atoms with E-state index >= 15 is 0 Å². The van der Waals surface area contributed by atoms with Crippen molar-refractivity contribution in [2.45, 2.75) is 23.7 Å². The summed E-state index contributed by atoms with van der Waals surface area (Å²) < 4.78 is 0. The predicted octanol–water partition coefficient (Wildman–Crippen LogP) is 5.42. The maximum Gasteiger partial charge on any atom is 0.335 e. The van der Waals surface area contributed by atoms with Crippen LogP contribution in [-0.4, -0.2) is 44.3 Å². The number of fused-ring (bicyclic) bond motifs is 1. The van der Waals surface area contributed by atoms with Gasteiger partial charge in [-0.05, 0) is 80.6 Å². The molecular weight excluding hydrogens is 512 g/mol.